The summed E-state index contributed by atoms with van der Waals surface area (Å²) >= 11 is 0. The van der Waals surface area contributed by atoms with E-state index in [1.54, 1.807) is 0 Å². The first kappa shape index (κ1) is 7.30. The Bertz CT molecular complexity index is 188. The standard InChI is InChI=1S/C9H17N3/c1-2-10-4-3-8-9(5-10)12-6-11(8)7-12/h8-9H,2-7H2,1H3. The van der Waals surface area contributed by atoms with Gasteiger partial charge in [-0.15, -0.1) is 0 Å². The van der Waals surface area contributed by atoms with E-state index in [9.17, 15) is 0 Å². The van der Waals surface area contributed by atoms with Crippen LogP contribution >= 0.6 is 0 Å². The zero-order chi connectivity index (χ0) is 8.13. The lowest BCUT2D eigenvalue weighted by Crippen LogP contribution is -2.47. The topological polar surface area (TPSA) is 9.72 Å². The molecule has 2 unspecified atom stereocenters. The highest BCUT2D eigenvalue weighted by molar-refractivity contribution is 5.03. The van der Waals surface area contributed by atoms with Crippen molar-refractivity contribution >= 4 is 0 Å². The van der Waals surface area contributed by atoms with Crippen LogP contribution in [0.5, 0.6) is 0 Å². The Kier molecular flexibility index (Phi) is 1.48. The van der Waals surface area contributed by atoms with E-state index in [1.165, 1.54) is 39.4 Å². The van der Waals surface area contributed by atoms with E-state index < -0.39 is 0 Å². The first-order valence-corrected chi connectivity index (χ1v) is 5.09. The number of nitrogens with zero attached hydrogens (tertiary/aromatic N) is 3. The SMILES string of the molecule is CCN1CCC2C(C1)N1CN2C1. The smallest absolute Gasteiger partial charge is 0.0537 e. The molecule has 0 amide bonds. The molecule has 0 spiro atoms. The van der Waals surface area contributed by atoms with Gasteiger partial charge in [-0.1, -0.05) is 6.92 Å². The number of hydrogen-bond donors (Lipinski definition) is 0. The van der Waals surface area contributed by atoms with Crippen molar-refractivity contribution in [2.45, 2.75) is 25.4 Å². The molecule has 4 fully saturated rings. The molecule has 4 aliphatic heterocycles. The summed E-state index contributed by atoms with van der Waals surface area (Å²) in [4.78, 5) is 7.83. The quantitative estimate of drug-likeness (QED) is 0.544. The van der Waals surface area contributed by atoms with Gasteiger partial charge in [-0.2, -0.15) is 0 Å². The number of piperidine rings is 1. The Labute approximate surface area is 73.9 Å². The summed E-state index contributed by atoms with van der Waals surface area (Å²) in [5.74, 6) is 0. The van der Waals surface area contributed by atoms with Crippen LogP contribution < -0.4 is 0 Å². The third kappa shape index (κ3) is 0.817. The third-order valence-electron chi connectivity index (χ3n) is 3.74. The maximum Gasteiger partial charge on any atom is 0.0537 e. The van der Waals surface area contributed by atoms with Gasteiger partial charge in [-0.05, 0) is 19.5 Å². The van der Waals surface area contributed by atoms with E-state index in [2.05, 4.69) is 21.6 Å². The molecule has 2 bridgehead atoms. The average Bonchev–Trinajstić information content (AvgIpc) is 2.53. The normalized spacial score (nSPS) is 51.8. The highest BCUT2D eigenvalue weighted by Crippen LogP contribution is 2.34. The second-order valence-corrected chi connectivity index (χ2v) is 4.28. The van der Waals surface area contributed by atoms with Gasteiger partial charge in [-0.25, -0.2) is 0 Å². The molecule has 12 heavy (non-hydrogen) atoms. The third-order valence-corrected chi connectivity index (χ3v) is 3.74. The molecule has 0 N–H and O–H groups in total. The van der Waals surface area contributed by atoms with E-state index in [0.717, 1.165) is 12.1 Å². The van der Waals surface area contributed by atoms with Crippen molar-refractivity contribution in [2.24, 2.45) is 0 Å². The second-order valence-electron chi connectivity index (χ2n) is 4.28. The molecule has 0 aromatic rings. The Hall–Kier alpha value is -0.120. The van der Waals surface area contributed by atoms with Gasteiger partial charge in [0.25, 0.3) is 0 Å². The number of likely N-dealkylation sites (N-methyl/N-ethyl adjacent to an activating group) is 1. The molecule has 4 aliphatic rings. The van der Waals surface area contributed by atoms with Gasteiger partial charge in [0.1, 0.15) is 0 Å². The fourth-order valence-electron chi connectivity index (χ4n) is 2.90. The fourth-order valence-corrected chi connectivity index (χ4v) is 2.90. The molecule has 4 heterocycles. The summed E-state index contributed by atoms with van der Waals surface area (Å²) in [5.41, 5.74) is 0. The number of likely N-dealkylation sites (tertiary alicyclic amines) is 1. The minimum absolute atomic E-state index is 0.874. The molecule has 4 rings (SSSR count). The van der Waals surface area contributed by atoms with Crippen molar-refractivity contribution in [3.8, 4) is 0 Å². The maximum atomic E-state index is 2.62. The van der Waals surface area contributed by atoms with Gasteiger partial charge in [0.05, 0.1) is 13.3 Å². The van der Waals surface area contributed by atoms with Gasteiger partial charge in [-0.3, -0.25) is 9.80 Å². The molecule has 2 atom stereocenters. The molecule has 0 aliphatic carbocycles. The largest absolute Gasteiger partial charge is 0.302 e. The van der Waals surface area contributed by atoms with Crippen molar-refractivity contribution in [2.75, 3.05) is 33.0 Å². The molecule has 3 nitrogen and oxygen atoms in total. The van der Waals surface area contributed by atoms with Crippen LogP contribution in [0.4, 0.5) is 0 Å². The van der Waals surface area contributed by atoms with Gasteiger partial charge < -0.3 is 4.90 Å². The summed E-state index contributed by atoms with van der Waals surface area (Å²) in [7, 11) is 0. The van der Waals surface area contributed by atoms with Crippen LogP contribution in [0.3, 0.4) is 0 Å². The minimum atomic E-state index is 0.874. The Morgan fingerprint density at radius 2 is 1.92 bits per heavy atom. The Morgan fingerprint density at radius 1 is 1.17 bits per heavy atom. The van der Waals surface area contributed by atoms with Crippen molar-refractivity contribution < 1.29 is 0 Å². The van der Waals surface area contributed by atoms with Crippen LogP contribution in [0.25, 0.3) is 0 Å². The zero-order valence-electron chi connectivity index (χ0n) is 7.74. The monoisotopic (exact) mass is 167 g/mol. The van der Waals surface area contributed by atoms with E-state index in [1.807, 2.05) is 0 Å². The minimum Gasteiger partial charge on any atom is -0.302 e. The van der Waals surface area contributed by atoms with Gasteiger partial charge in [0.15, 0.2) is 0 Å². The molecule has 3 heteroatoms. The first-order chi connectivity index (χ1) is 5.88. The highest BCUT2D eigenvalue weighted by atomic mass is 15.6. The zero-order valence-corrected chi connectivity index (χ0v) is 7.74. The van der Waals surface area contributed by atoms with Crippen molar-refractivity contribution in [3.05, 3.63) is 0 Å². The highest BCUT2D eigenvalue weighted by Gasteiger charge is 2.50. The van der Waals surface area contributed by atoms with Crippen LogP contribution in [-0.4, -0.2) is 59.8 Å². The molecule has 68 valence electrons. The van der Waals surface area contributed by atoms with Crippen LogP contribution in [0.1, 0.15) is 13.3 Å². The molecular weight excluding hydrogens is 150 g/mol. The van der Waals surface area contributed by atoms with Crippen LogP contribution in [0.2, 0.25) is 0 Å². The molecule has 4 saturated heterocycles. The van der Waals surface area contributed by atoms with Crippen molar-refractivity contribution in [3.63, 3.8) is 0 Å². The summed E-state index contributed by atoms with van der Waals surface area (Å²) in [6.45, 7) is 8.66. The number of hydrogen-bond acceptors (Lipinski definition) is 3. The van der Waals surface area contributed by atoms with Crippen LogP contribution in [0, 0.1) is 0 Å². The average molecular weight is 167 g/mol. The predicted molar refractivity (Wildman–Crippen MR) is 47.7 cm³/mol. The fraction of sp³-hybridized carbons (Fsp3) is 1.00. The summed E-state index contributed by atoms with van der Waals surface area (Å²) in [6.07, 6.45) is 1.40. The summed E-state index contributed by atoms with van der Waals surface area (Å²) < 4.78 is 0. The number of rotatable bonds is 1. The van der Waals surface area contributed by atoms with E-state index >= 15 is 0 Å². The maximum absolute atomic E-state index is 2.62. The lowest BCUT2D eigenvalue weighted by molar-refractivity contribution is 0.0502. The Morgan fingerprint density at radius 3 is 2.67 bits per heavy atom. The van der Waals surface area contributed by atoms with Crippen LogP contribution in [0.15, 0.2) is 0 Å². The molecular formula is C9H17N3. The molecule has 0 radical (unpaired) electrons. The van der Waals surface area contributed by atoms with E-state index in [0.29, 0.717) is 0 Å². The van der Waals surface area contributed by atoms with E-state index in [-0.39, 0.29) is 0 Å². The lowest BCUT2D eigenvalue weighted by Gasteiger charge is -2.33. The summed E-state index contributed by atoms with van der Waals surface area (Å²) in [5, 5.41) is 0. The molecule has 0 aromatic heterocycles. The first-order valence-electron chi connectivity index (χ1n) is 5.09. The Balaban J connectivity index is 1.73. The van der Waals surface area contributed by atoms with E-state index in [4.69, 9.17) is 0 Å². The lowest BCUT2D eigenvalue weighted by atomic mass is 10.0. The van der Waals surface area contributed by atoms with Crippen molar-refractivity contribution in [1.29, 1.82) is 0 Å². The van der Waals surface area contributed by atoms with Crippen molar-refractivity contribution in [1.82, 2.24) is 14.7 Å². The molecule has 0 saturated carbocycles. The van der Waals surface area contributed by atoms with Gasteiger partial charge in [0.2, 0.25) is 0 Å². The predicted octanol–water partition coefficient (Wildman–Crippen LogP) is -0.00460. The van der Waals surface area contributed by atoms with Gasteiger partial charge >= 0.3 is 0 Å². The summed E-state index contributed by atoms with van der Waals surface area (Å²) in [6, 6.07) is 1.78. The molecule has 0 aromatic carbocycles. The van der Waals surface area contributed by atoms with Crippen LogP contribution in [-0.2, 0) is 0 Å². The van der Waals surface area contributed by atoms with Gasteiger partial charge in [0, 0.05) is 18.6 Å². The second kappa shape index (κ2) is 2.44.